The lowest BCUT2D eigenvalue weighted by Gasteiger charge is -2.36. The average Bonchev–Trinajstić information content (AvgIpc) is 3.05. The lowest BCUT2D eigenvalue weighted by atomic mass is 10.1. The van der Waals surface area contributed by atoms with Crippen LogP contribution >= 0.6 is 11.8 Å². The molecule has 0 aliphatic carbocycles. The first kappa shape index (κ1) is 17.4. The molecular formula is C16H30N4OS. The van der Waals surface area contributed by atoms with Gasteiger partial charge in [-0.05, 0) is 25.7 Å². The first-order valence-electron chi connectivity index (χ1n) is 8.54. The summed E-state index contributed by atoms with van der Waals surface area (Å²) in [6.07, 6.45) is 2.27. The number of aliphatic imine (C=N–C) groups is 1. The summed E-state index contributed by atoms with van der Waals surface area (Å²) < 4.78 is 0. The predicted octanol–water partition coefficient (Wildman–Crippen LogP) is 1.65. The van der Waals surface area contributed by atoms with Crippen molar-refractivity contribution in [3.05, 3.63) is 0 Å². The van der Waals surface area contributed by atoms with Gasteiger partial charge in [0.25, 0.3) is 0 Å². The quantitative estimate of drug-likeness (QED) is 0.630. The molecule has 2 heterocycles. The molecule has 1 amide bonds. The van der Waals surface area contributed by atoms with E-state index in [-0.39, 0.29) is 12.5 Å². The first-order valence-corrected chi connectivity index (χ1v) is 9.59. The number of nitrogens with zero attached hydrogens (tertiary/aromatic N) is 3. The number of nitrogens with one attached hydrogen (secondary N) is 1. The van der Waals surface area contributed by atoms with E-state index >= 15 is 0 Å². The summed E-state index contributed by atoms with van der Waals surface area (Å²) in [6.45, 7) is 11.6. The number of likely N-dealkylation sites (tertiary alicyclic amines) is 1. The van der Waals surface area contributed by atoms with Gasteiger partial charge in [0.2, 0.25) is 5.91 Å². The second-order valence-electron chi connectivity index (χ2n) is 6.36. The maximum Gasteiger partial charge on any atom is 0.244 e. The number of guanidine groups is 1. The fourth-order valence-electron chi connectivity index (χ4n) is 2.91. The van der Waals surface area contributed by atoms with Gasteiger partial charge in [0, 0.05) is 43.7 Å². The number of hydrogen-bond donors (Lipinski definition) is 1. The van der Waals surface area contributed by atoms with Gasteiger partial charge in [0.15, 0.2) is 5.96 Å². The summed E-state index contributed by atoms with van der Waals surface area (Å²) in [4.78, 5) is 21.0. The minimum Gasteiger partial charge on any atom is -0.357 e. The fraction of sp³-hybridized carbons (Fsp3) is 0.875. The zero-order valence-electron chi connectivity index (χ0n) is 14.2. The molecule has 1 N–H and O–H groups in total. The molecule has 2 aliphatic rings. The van der Waals surface area contributed by atoms with Crippen LogP contribution in [0.2, 0.25) is 0 Å². The van der Waals surface area contributed by atoms with Crippen molar-refractivity contribution < 1.29 is 4.79 Å². The largest absolute Gasteiger partial charge is 0.357 e. The van der Waals surface area contributed by atoms with E-state index in [9.17, 15) is 4.79 Å². The van der Waals surface area contributed by atoms with Crippen molar-refractivity contribution in [3.8, 4) is 0 Å². The van der Waals surface area contributed by atoms with Gasteiger partial charge in [0.05, 0.1) is 0 Å². The number of carbonyl (C=O) groups excluding carboxylic acids is 1. The van der Waals surface area contributed by atoms with Gasteiger partial charge < -0.3 is 15.1 Å². The van der Waals surface area contributed by atoms with Crippen LogP contribution in [-0.2, 0) is 4.79 Å². The predicted molar refractivity (Wildman–Crippen MR) is 94.4 cm³/mol. The van der Waals surface area contributed by atoms with Gasteiger partial charge in [-0.2, -0.15) is 11.8 Å². The normalized spacial score (nSPS) is 23.3. The first-order chi connectivity index (χ1) is 10.6. The minimum atomic E-state index is 0.166. The zero-order valence-corrected chi connectivity index (χ0v) is 15.0. The van der Waals surface area contributed by atoms with Gasteiger partial charge in [-0.1, -0.05) is 13.8 Å². The van der Waals surface area contributed by atoms with E-state index in [4.69, 9.17) is 0 Å². The fourth-order valence-corrected chi connectivity index (χ4v) is 4.20. The van der Waals surface area contributed by atoms with Crippen molar-refractivity contribution in [1.29, 1.82) is 0 Å². The van der Waals surface area contributed by atoms with Crippen LogP contribution in [0, 0.1) is 5.92 Å². The molecule has 0 aromatic heterocycles. The van der Waals surface area contributed by atoms with Gasteiger partial charge in [-0.3, -0.25) is 4.79 Å². The van der Waals surface area contributed by atoms with E-state index in [1.807, 2.05) is 4.90 Å². The Labute approximate surface area is 138 Å². The van der Waals surface area contributed by atoms with Crippen LogP contribution in [0.5, 0.6) is 0 Å². The molecule has 1 unspecified atom stereocenters. The van der Waals surface area contributed by atoms with E-state index in [2.05, 4.69) is 47.7 Å². The molecule has 0 radical (unpaired) electrons. The van der Waals surface area contributed by atoms with Crippen LogP contribution in [-0.4, -0.2) is 71.9 Å². The summed E-state index contributed by atoms with van der Waals surface area (Å²) in [7, 11) is 0. The third kappa shape index (κ3) is 4.80. The molecule has 0 saturated carbocycles. The van der Waals surface area contributed by atoms with E-state index in [0.29, 0.717) is 11.2 Å². The second-order valence-corrected chi connectivity index (χ2v) is 7.70. The van der Waals surface area contributed by atoms with Crippen LogP contribution in [0.1, 0.15) is 33.6 Å². The SMILES string of the molecule is CCNC(=NCC(=O)N1CCCC1)N1CCSC(C(C)C)C1. The molecule has 5 nitrogen and oxygen atoms in total. The Morgan fingerprint density at radius 3 is 2.64 bits per heavy atom. The Balaban J connectivity index is 1.95. The third-order valence-corrected chi connectivity index (χ3v) is 5.83. The lowest BCUT2D eigenvalue weighted by molar-refractivity contribution is -0.128. The van der Waals surface area contributed by atoms with E-state index in [1.165, 1.54) is 0 Å². The molecule has 22 heavy (non-hydrogen) atoms. The van der Waals surface area contributed by atoms with Crippen molar-refractivity contribution >= 4 is 23.6 Å². The molecule has 0 aromatic carbocycles. The maximum atomic E-state index is 12.2. The van der Waals surface area contributed by atoms with Crippen molar-refractivity contribution in [3.63, 3.8) is 0 Å². The highest BCUT2D eigenvalue weighted by Gasteiger charge is 2.25. The Morgan fingerprint density at radius 2 is 2.00 bits per heavy atom. The molecule has 0 spiro atoms. The van der Waals surface area contributed by atoms with Crippen molar-refractivity contribution in [2.75, 3.05) is 45.0 Å². The summed E-state index contributed by atoms with van der Waals surface area (Å²) in [5.41, 5.74) is 0. The third-order valence-electron chi connectivity index (χ3n) is 4.29. The molecule has 2 fully saturated rings. The van der Waals surface area contributed by atoms with E-state index < -0.39 is 0 Å². The molecular weight excluding hydrogens is 296 g/mol. The second kappa shape index (κ2) is 8.65. The number of rotatable bonds is 4. The van der Waals surface area contributed by atoms with Crippen LogP contribution in [0.4, 0.5) is 0 Å². The molecule has 2 rings (SSSR count). The highest BCUT2D eigenvalue weighted by Crippen LogP contribution is 2.24. The summed E-state index contributed by atoms with van der Waals surface area (Å²) in [5.74, 6) is 2.87. The van der Waals surface area contributed by atoms with Crippen LogP contribution in [0.15, 0.2) is 4.99 Å². The molecule has 0 aromatic rings. The average molecular weight is 327 g/mol. The smallest absolute Gasteiger partial charge is 0.244 e. The van der Waals surface area contributed by atoms with Crippen LogP contribution in [0.25, 0.3) is 0 Å². The van der Waals surface area contributed by atoms with Gasteiger partial charge in [-0.25, -0.2) is 4.99 Å². The van der Waals surface area contributed by atoms with E-state index in [0.717, 1.165) is 57.3 Å². The topological polar surface area (TPSA) is 47.9 Å². The molecule has 6 heteroatoms. The van der Waals surface area contributed by atoms with Gasteiger partial charge in [0.1, 0.15) is 6.54 Å². The Kier molecular flexibility index (Phi) is 6.86. The van der Waals surface area contributed by atoms with Gasteiger partial charge >= 0.3 is 0 Å². The molecule has 0 bridgehead atoms. The van der Waals surface area contributed by atoms with Crippen LogP contribution in [0.3, 0.4) is 0 Å². The number of amides is 1. The van der Waals surface area contributed by atoms with Crippen molar-refractivity contribution in [1.82, 2.24) is 15.1 Å². The molecule has 2 aliphatic heterocycles. The van der Waals surface area contributed by atoms with E-state index in [1.54, 1.807) is 0 Å². The lowest BCUT2D eigenvalue weighted by Crippen LogP contribution is -2.49. The zero-order chi connectivity index (χ0) is 15.9. The highest BCUT2D eigenvalue weighted by atomic mass is 32.2. The van der Waals surface area contributed by atoms with Crippen LogP contribution < -0.4 is 5.32 Å². The van der Waals surface area contributed by atoms with Gasteiger partial charge in [-0.15, -0.1) is 0 Å². The number of hydrogen-bond acceptors (Lipinski definition) is 3. The molecule has 1 atom stereocenters. The molecule has 2 saturated heterocycles. The summed E-state index contributed by atoms with van der Waals surface area (Å²) in [5, 5.41) is 4.00. The Bertz CT molecular complexity index is 394. The Hall–Kier alpha value is -0.910. The standard InChI is InChI=1S/C16H30N4OS/c1-4-17-16(18-11-15(21)19-7-5-6-8-19)20-9-10-22-14(12-20)13(2)3/h13-14H,4-12H2,1-3H3,(H,17,18). The highest BCUT2D eigenvalue weighted by molar-refractivity contribution is 8.00. The van der Waals surface area contributed by atoms with Crippen molar-refractivity contribution in [2.24, 2.45) is 10.9 Å². The Morgan fingerprint density at radius 1 is 1.27 bits per heavy atom. The maximum absolute atomic E-state index is 12.2. The number of thioether (sulfide) groups is 1. The monoisotopic (exact) mass is 326 g/mol. The summed E-state index contributed by atoms with van der Waals surface area (Å²) >= 11 is 2.06. The summed E-state index contributed by atoms with van der Waals surface area (Å²) in [6, 6.07) is 0. The minimum absolute atomic E-state index is 0.166. The molecule has 126 valence electrons. The number of carbonyl (C=O) groups is 1. The van der Waals surface area contributed by atoms with Crippen molar-refractivity contribution in [2.45, 2.75) is 38.9 Å².